The third kappa shape index (κ3) is 4.02. The average Bonchev–Trinajstić information content (AvgIpc) is 2.72. The molecule has 6 nitrogen and oxygen atoms in total. The lowest BCUT2D eigenvalue weighted by atomic mass is 9.83. The van der Waals surface area contributed by atoms with Gasteiger partial charge in [0.05, 0.1) is 0 Å². The van der Waals surface area contributed by atoms with Gasteiger partial charge in [-0.15, -0.1) is 4.98 Å². The van der Waals surface area contributed by atoms with Gasteiger partial charge in [0.2, 0.25) is 0 Å². The van der Waals surface area contributed by atoms with Gasteiger partial charge in [0.25, 0.3) is 5.82 Å². The van der Waals surface area contributed by atoms with Gasteiger partial charge in [0.1, 0.15) is 23.1 Å². The van der Waals surface area contributed by atoms with E-state index >= 15 is 0 Å². The number of piperidine rings is 1. The van der Waals surface area contributed by atoms with Gasteiger partial charge in [0, 0.05) is 37.1 Å². The van der Waals surface area contributed by atoms with Crippen molar-refractivity contribution in [3.8, 4) is 5.75 Å². The Kier molecular flexibility index (Phi) is 4.98. The van der Waals surface area contributed by atoms with Crippen LogP contribution < -0.4 is 4.74 Å². The Hall–Kier alpha value is -3.33. The summed E-state index contributed by atoms with van der Waals surface area (Å²) in [5.74, 6) is 1.20. The SMILES string of the molecule is [C-]#[N+]c1ccc(C2=CC3(CCN(C(=O)OC(C)(C)C)CC3)Oc3ccccc32)cn1. The van der Waals surface area contributed by atoms with Gasteiger partial charge in [-0.25, -0.2) is 4.79 Å². The lowest BCUT2D eigenvalue weighted by Gasteiger charge is -2.43. The van der Waals surface area contributed by atoms with Gasteiger partial charge in [-0.3, -0.25) is 0 Å². The average molecular weight is 403 g/mol. The van der Waals surface area contributed by atoms with Crippen LogP contribution in [0.1, 0.15) is 44.7 Å². The first-order valence-corrected chi connectivity index (χ1v) is 10.1. The molecule has 2 aromatic rings. The fourth-order valence-electron chi connectivity index (χ4n) is 3.86. The number of ether oxygens (including phenoxy) is 2. The van der Waals surface area contributed by atoms with Gasteiger partial charge in [-0.2, -0.15) is 0 Å². The van der Waals surface area contributed by atoms with Gasteiger partial charge in [-0.05, 0) is 44.6 Å². The Morgan fingerprint density at radius 1 is 1.20 bits per heavy atom. The molecule has 0 bridgehead atoms. The number of aromatic nitrogens is 1. The minimum Gasteiger partial charge on any atom is -0.482 e. The Bertz CT molecular complexity index is 1020. The van der Waals surface area contributed by atoms with Crippen molar-refractivity contribution in [1.29, 1.82) is 0 Å². The van der Waals surface area contributed by atoms with Crippen LogP contribution in [0.15, 0.2) is 48.7 Å². The number of hydrogen-bond acceptors (Lipinski definition) is 4. The first-order valence-electron chi connectivity index (χ1n) is 10.1. The lowest BCUT2D eigenvalue weighted by molar-refractivity contribution is -0.00115. The summed E-state index contributed by atoms with van der Waals surface area (Å²) in [7, 11) is 0. The van der Waals surface area contributed by atoms with Crippen LogP contribution in [0.5, 0.6) is 5.75 Å². The molecule has 6 heteroatoms. The minimum absolute atomic E-state index is 0.281. The van der Waals surface area contributed by atoms with Crippen molar-refractivity contribution in [3.05, 3.63) is 71.2 Å². The normalized spacial score (nSPS) is 17.4. The lowest BCUT2D eigenvalue weighted by Crippen LogP contribution is -2.50. The predicted molar refractivity (Wildman–Crippen MR) is 114 cm³/mol. The zero-order chi connectivity index (χ0) is 21.4. The molecule has 1 aromatic heterocycles. The van der Waals surface area contributed by atoms with Gasteiger partial charge < -0.3 is 19.2 Å². The highest BCUT2D eigenvalue weighted by Crippen LogP contribution is 2.43. The van der Waals surface area contributed by atoms with Gasteiger partial charge >= 0.3 is 6.09 Å². The van der Waals surface area contributed by atoms with Gasteiger partial charge in [0.15, 0.2) is 0 Å². The number of likely N-dealkylation sites (tertiary alicyclic amines) is 1. The molecular weight excluding hydrogens is 378 g/mol. The van der Waals surface area contributed by atoms with Crippen LogP contribution in [-0.4, -0.2) is 40.3 Å². The Morgan fingerprint density at radius 2 is 1.93 bits per heavy atom. The summed E-state index contributed by atoms with van der Waals surface area (Å²) in [5.41, 5.74) is 2.01. The van der Waals surface area contributed by atoms with Crippen molar-refractivity contribution < 1.29 is 14.3 Å². The Morgan fingerprint density at radius 3 is 2.57 bits per heavy atom. The number of pyridine rings is 1. The maximum absolute atomic E-state index is 12.4. The molecule has 0 atom stereocenters. The van der Waals surface area contributed by atoms with E-state index in [-0.39, 0.29) is 6.09 Å². The van der Waals surface area contributed by atoms with Crippen LogP contribution >= 0.6 is 0 Å². The standard InChI is InChI=1S/C24H25N3O3/c1-23(2,3)30-22(28)27-13-11-24(12-14-27)15-19(17-9-10-21(25-4)26-16-17)18-7-5-6-8-20(18)29-24/h5-10,15-16H,11-14H2,1-3H3. The van der Waals surface area contributed by atoms with Crippen molar-refractivity contribution in [2.45, 2.75) is 44.8 Å². The number of rotatable bonds is 1. The van der Waals surface area contributed by atoms with E-state index in [1.165, 1.54) is 0 Å². The summed E-state index contributed by atoms with van der Waals surface area (Å²) in [6.07, 6.45) is 4.98. The fraction of sp³-hybridized carbons (Fsp3) is 0.375. The van der Waals surface area contributed by atoms with Crippen molar-refractivity contribution in [3.63, 3.8) is 0 Å². The molecule has 154 valence electrons. The van der Waals surface area contributed by atoms with Crippen molar-refractivity contribution in [2.24, 2.45) is 0 Å². The molecule has 3 heterocycles. The van der Waals surface area contributed by atoms with E-state index < -0.39 is 11.2 Å². The molecule has 4 rings (SSSR count). The number of carbonyl (C=O) groups is 1. The highest BCUT2D eigenvalue weighted by atomic mass is 16.6. The molecule has 0 saturated carbocycles. The van der Waals surface area contributed by atoms with Crippen molar-refractivity contribution >= 4 is 17.5 Å². The first kappa shape index (κ1) is 20.0. The van der Waals surface area contributed by atoms with Crippen LogP contribution in [0.3, 0.4) is 0 Å². The predicted octanol–water partition coefficient (Wildman–Crippen LogP) is 5.23. The number of para-hydroxylation sites is 1. The van der Waals surface area contributed by atoms with E-state index in [2.05, 4.69) is 15.9 Å². The van der Waals surface area contributed by atoms with E-state index in [0.29, 0.717) is 31.7 Å². The molecular formula is C24H25N3O3. The zero-order valence-corrected chi connectivity index (χ0v) is 17.5. The van der Waals surface area contributed by atoms with Crippen LogP contribution in [0.25, 0.3) is 10.4 Å². The summed E-state index contributed by atoms with van der Waals surface area (Å²) in [5, 5.41) is 0. The monoisotopic (exact) mass is 403 g/mol. The van der Waals surface area contributed by atoms with E-state index in [4.69, 9.17) is 16.0 Å². The number of amides is 1. The number of carbonyl (C=O) groups excluding carboxylic acids is 1. The molecule has 30 heavy (non-hydrogen) atoms. The second-order valence-electron chi connectivity index (χ2n) is 8.71. The third-order valence-corrected chi connectivity index (χ3v) is 5.33. The van der Waals surface area contributed by atoms with E-state index in [1.54, 1.807) is 17.2 Å². The number of benzene rings is 1. The van der Waals surface area contributed by atoms with Gasteiger partial charge in [-0.1, -0.05) is 30.8 Å². The highest BCUT2D eigenvalue weighted by molar-refractivity contribution is 5.84. The van der Waals surface area contributed by atoms with E-state index in [0.717, 1.165) is 22.4 Å². The Labute approximate surface area is 177 Å². The van der Waals surface area contributed by atoms with Crippen LogP contribution in [0.4, 0.5) is 10.6 Å². The minimum atomic E-state index is -0.510. The van der Waals surface area contributed by atoms with Crippen LogP contribution in [0.2, 0.25) is 0 Å². The smallest absolute Gasteiger partial charge is 0.410 e. The number of nitrogens with zero attached hydrogens (tertiary/aromatic N) is 3. The van der Waals surface area contributed by atoms with E-state index in [9.17, 15) is 4.79 Å². The second-order valence-corrected chi connectivity index (χ2v) is 8.71. The summed E-state index contributed by atoms with van der Waals surface area (Å²) in [6.45, 7) is 13.9. The first-order chi connectivity index (χ1) is 14.3. The molecule has 1 aromatic carbocycles. The molecule has 1 amide bonds. The van der Waals surface area contributed by atoms with Crippen molar-refractivity contribution in [1.82, 2.24) is 9.88 Å². The molecule has 0 N–H and O–H groups in total. The molecule has 1 fully saturated rings. The van der Waals surface area contributed by atoms with Crippen LogP contribution in [0, 0.1) is 6.57 Å². The largest absolute Gasteiger partial charge is 0.482 e. The molecule has 2 aliphatic rings. The number of hydrogen-bond donors (Lipinski definition) is 0. The summed E-state index contributed by atoms with van der Waals surface area (Å²) in [6, 6.07) is 11.6. The molecule has 0 aliphatic carbocycles. The molecule has 2 aliphatic heterocycles. The summed E-state index contributed by atoms with van der Waals surface area (Å²) >= 11 is 0. The number of fused-ring (bicyclic) bond motifs is 1. The summed E-state index contributed by atoms with van der Waals surface area (Å²) in [4.78, 5) is 21.8. The molecule has 0 radical (unpaired) electrons. The molecule has 1 spiro atoms. The second kappa shape index (κ2) is 7.49. The van der Waals surface area contributed by atoms with Crippen LogP contribution in [-0.2, 0) is 4.74 Å². The quantitative estimate of drug-likeness (QED) is 0.612. The third-order valence-electron chi connectivity index (χ3n) is 5.33. The van der Waals surface area contributed by atoms with E-state index in [1.807, 2.05) is 51.1 Å². The summed E-state index contributed by atoms with van der Waals surface area (Å²) < 4.78 is 12.0. The Balaban J connectivity index is 1.62. The molecule has 0 unspecified atom stereocenters. The topological polar surface area (TPSA) is 56.0 Å². The maximum Gasteiger partial charge on any atom is 0.410 e. The fourth-order valence-corrected chi connectivity index (χ4v) is 3.86. The molecule has 1 saturated heterocycles. The maximum atomic E-state index is 12.4. The zero-order valence-electron chi connectivity index (χ0n) is 17.5. The highest BCUT2D eigenvalue weighted by Gasteiger charge is 2.40. The van der Waals surface area contributed by atoms with Crippen molar-refractivity contribution in [2.75, 3.05) is 13.1 Å².